The normalized spacial score (nSPS) is 28.1. The molecule has 0 amide bonds. The molecule has 0 radical (unpaired) electrons. The molecule has 162 valence electrons. The third-order valence-electron chi connectivity index (χ3n) is 7.16. The summed E-state index contributed by atoms with van der Waals surface area (Å²) in [6.07, 6.45) is 17.6. The van der Waals surface area contributed by atoms with Crippen molar-refractivity contribution in [2.75, 3.05) is 6.61 Å². The number of hydrogen-bond donors (Lipinski definition) is 0. The summed E-state index contributed by atoms with van der Waals surface area (Å²) >= 11 is 0. The van der Waals surface area contributed by atoms with Crippen LogP contribution in [0.5, 0.6) is 5.75 Å². The second kappa shape index (κ2) is 11.7. The van der Waals surface area contributed by atoms with Gasteiger partial charge in [-0.15, -0.1) is 0 Å². The van der Waals surface area contributed by atoms with Crippen LogP contribution in [0.25, 0.3) is 6.08 Å². The van der Waals surface area contributed by atoms with Crippen LogP contribution < -0.4 is 4.74 Å². The highest BCUT2D eigenvalue weighted by Gasteiger charge is 2.30. The van der Waals surface area contributed by atoms with Crippen molar-refractivity contribution in [2.24, 2.45) is 23.7 Å². The third kappa shape index (κ3) is 7.42. The molecule has 0 atom stereocenters. The van der Waals surface area contributed by atoms with Crippen LogP contribution in [0.1, 0.15) is 83.1 Å². The second-order valence-electron chi connectivity index (χ2n) is 9.23. The molecule has 29 heavy (non-hydrogen) atoms. The van der Waals surface area contributed by atoms with Crippen LogP contribution in [-0.4, -0.2) is 13.0 Å². The molecule has 2 saturated carbocycles. The van der Waals surface area contributed by atoms with Crippen LogP contribution in [0.3, 0.4) is 0 Å². The molecular formula is C26H38F2O. The fraction of sp³-hybridized carbons (Fsp3) is 0.692. The van der Waals surface area contributed by atoms with Gasteiger partial charge in [0.2, 0.25) is 0 Å². The highest BCUT2D eigenvalue weighted by atomic mass is 19.3. The van der Waals surface area contributed by atoms with Gasteiger partial charge in [-0.25, -0.2) is 8.78 Å². The van der Waals surface area contributed by atoms with Crippen molar-refractivity contribution in [1.29, 1.82) is 0 Å². The predicted molar refractivity (Wildman–Crippen MR) is 117 cm³/mol. The van der Waals surface area contributed by atoms with E-state index in [1.165, 1.54) is 70.6 Å². The van der Waals surface area contributed by atoms with E-state index >= 15 is 0 Å². The second-order valence-corrected chi connectivity index (χ2v) is 9.23. The number of alkyl halides is 2. The summed E-state index contributed by atoms with van der Waals surface area (Å²) in [4.78, 5) is 0. The topological polar surface area (TPSA) is 9.23 Å². The van der Waals surface area contributed by atoms with Crippen molar-refractivity contribution < 1.29 is 13.5 Å². The molecule has 0 aromatic heterocycles. The van der Waals surface area contributed by atoms with Crippen molar-refractivity contribution >= 4 is 6.08 Å². The quantitative estimate of drug-likeness (QED) is 0.403. The monoisotopic (exact) mass is 404 g/mol. The van der Waals surface area contributed by atoms with Crippen molar-refractivity contribution in [1.82, 2.24) is 0 Å². The van der Waals surface area contributed by atoms with Crippen molar-refractivity contribution in [3.05, 3.63) is 35.9 Å². The maximum absolute atomic E-state index is 12.2. The number of benzene rings is 1. The Morgan fingerprint density at radius 1 is 0.931 bits per heavy atom. The van der Waals surface area contributed by atoms with Gasteiger partial charge in [-0.05, 0) is 79.9 Å². The van der Waals surface area contributed by atoms with Crippen LogP contribution in [-0.2, 0) is 0 Å². The summed E-state index contributed by atoms with van der Waals surface area (Å²) in [6, 6.07) is 7.44. The standard InChI is InChI=1S/C26H38F2O/c1-2-3-4-20-7-13-23(14-8-20)24-15-9-21(10-16-24)5-6-22-11-17-25(18-12-22)29-19-26(27)28/h5-6,11-12,17-18,20-21,23-24,26H,2-4,7-10,13-16,19H2,1H3/t20-,21-,23-,24-. The van der Waals surface area contributed by atoms with E-state index in [0.717, 1.165) is 23.3 Å². The molecule has 0 saturated heterocycles. The largest absolute Gasteiger partial charge is 0.488 e. The molecule has 0 spiro atoms. The molecule has 3 heteroatoms. The molecule has 2 aliphatic rings. The molecule has 0 unspecified atom stereocenters. The smallest absolute Gasteiger partial charge is 0.272 e. The Morgan fingerprint density at radius 3 is 2.14 bits per heavy atom. The summed E-state index contributed by atoms with van der Waals surface area (Å²) in [5.74, 6) is 4.14. The number of allylic oxidation sites excluding steroid dienone is 1. The van der Waals surface area contributed by atoms with Gasteiger partial charge in [-0.2, -0.15) is 0 Å². The zero-order chi connectivity index (χ0) is 20.5. The number of unbranched alkanes of at least 4 members (excludes halogenated alkanes) is 1. The van der Waals surface area contributed by atoms with E-state index in [0.29, 0.717) is 11.7 Å². The minimum Gasteiger partial charge on any atom is -0.488 e. The molecule has 0 N–H and O–H groups in total. The Morgan fingerprint density at radius 2 is 1.55 bits per heavy atom. The Bertz CT molecular complexity index is 594. The molecule has 0 heterocycles. The van der Waals surface area contributed by atoms with Gasteiger partial charge < -0.3 is 4.74 Å². The van der Waals surface area contributed by atoms with Crippen molar-refractivity contribution in [3.8, 4) is 5.75 Å². The summed E-state index contributed by atoms with van der Waals surface area (Å²) in [5.41, 5.74) is 1.11. The first-order valence-electron chi connectivity index (χ1n) is 11.8. The van der Waals surface area contributed by atoms with Gasteiger partial charge in [0, 0.05) is 0 Å². The van der Waals surface area contributed by atoms with E-state index in [1.807, 2.05) is 12.1 Å². The lowest BCUT2D eigenvalue weighted by Crippen LogP contribution is -2.25. The molecule has 0 bridgehead atoms. The van der Waals surface area contributed by atoms with Gasteiger partial charge in [-0.1, -0.05) is 63.3 Å². The Kier molecular flexibility index (Phi) is 9.01. The van der Waals surface area contributed by atoms with E-state index in [9.17, 15) is 8.78 Å². The van der Waals surface area contributed by atoms with Crippen LogP contribution in [0, 0.1) is 23.7 Å². The number of hydrogen-bond acceptors (Lipinski definition) is 1. The number of halogens is 2. The maximum atomic E-state index is 12.2. The molecule has 1 aromatic rings. The number of ether oxygens (including phenoxy) is 1. The van der Waals surface area contributed by atoms with E-state index in [-0.39, 0.29) is 0 Å². The summed E-state index contributed by atoms with van der Waals surface area (Å²) in [5, 5.41) is 0. The van der Waals surface area contributed by atoms with Gasteiger partial charge in [0.05, 0.1) is 0 Å². The molecule has 1 nitrogen and oxygen atoms in total. The molecule has 1 aromatic carbocycles. The van der Waals surface area contributed by atoms with Crippen molar-refractivity contribution in [2.45, 2.75) is 84.0 Å². The van der Waals surface area contributed by atoms with E-state index < -0.39 is 13.0 Å². The zero-order valence-electron chi connectivity index (χ0n) is 18.0. The number of rotatable bonds is 9. The van der Waals surface area contributed by atoms with Gasteiger partial charge in [-0.3, -0.25) is 0 Å². The molecule has 3 rings (SSSR count). The van der Waals surface area contributed by atoms with E-state index in [2.05, 4.69) is 19.1 Å². The van der Waals surface area contributed by atoms with Crippen LogP contribution >= 0.6 is 0 Å². The fourth-order valence-corrected chi connectivity index (χ4v) is 5.33. The van der Waals surface area contributed by atoms with Crippen LogP contribution in [0.2, 0.25) is 0 Å². The zero-order valence-corrected chi connectivity index (χ0v) is 18.0. The van der Waals surface area contributed by atoms with Crippen LogP contribution in [0.15, 0.2) is 30.3 Å². The molecule has 2 aliphatic carbocycles. The van der Waals surface area contributed by atoms with E-state index in [4.69, 9.17) is 4.74 Å². The Hall–Kier alpha value is -1.38. The fourth-order valence-electron chi connectivity index (χ4n) is 5.33. The van der Waals surface area contributed by atoms with Gasteiger partial charge in [0.25, 0.3) is 6.43 Å². The highest BCUT2D eigenvalue weighted by molar-refractivity contribution is 5.50. The predicted octanol–water partition coefficient (Wildman–Crippen LogP) is 8.15. The minimum absolute atomic E-state index is 0.507. The van der Waals surface area contributed by atoms with Crippen molar-refractivity contribution in [3.63, 3.8) is 0 Å². The first-order valence-corrected chi connectivity index (χ1v) is 11.8. The summed E-state index contributed by atoms with van der Waals surface area (Å²) in [6.45, 7) is 1.76. The highest BCUT2D eigenvalue weighted by Crippen LogP contribution is 2.42. The van der Waals surface area contributed by atoms with E-state index in [1.54, 1.807) is 12.1 Å². The Balaban J connectivity index is 1.37. The first-order chi connectivity index (χ1) is 14.1. The summed E-state index contributed by atoms with van der Waals surface area (Å²) in [7, 11) is 0. The first kappa shape index (κ1) is 22.3. The minimum atomic E-state index is -2.43. The molecule has 2 fully saturated rings. The Labute approximate surface area is 175 Å². The lowest BCUT2D eigenvalue weighted by molar-refractivity contribution is 0.0819. The maximum Gasteiger partial charge on any atom is 0.272 e. The SMILES string of the molecule is CCCC[C@H]1CC[C@H]([C@H]2CC[C@H](C=Cc3ccc(OCC(F)F)cc3)CC2)CC1. The van der Waals surface area contributed by atoms with Gasteiger partial charge >= 0.3 is 0 Å². The van der Waals surface area contributed by atoms with Crippen LogP contribution in [0.4, 0.5) is 8.78 Å². The molecular weight excluding hydrogens is 366 g/mol. The lowest BCUT2D eigenvalue weighted by atomic mass is 9.68. The van der Waals surface area contributed by atoms with Gasteiger partial charge in [0.1, 0.15) is 12.4 Å². The average Bonchev–Trinajstić information content (AvgIpc) is 2.76. The third-order valence-corrected chi connectivity index (χ3v) is 7.16. The average molecular weight is 405 g/mol. The van der Waals surface area contributed by atoms with Gasteiger partial charge in [0.15, 0.2) is 0 Å². The lowest BCUT2D eigenvalue weighted by Gasteiger charge is -2.37. The molecule has 0 aliphatic heterocycles. The summed E-state index contributed by atoms with van der Waals surface area (Å²) < 4.78 is 29.4.